The lowest BCUT2D eigenvalue weighted by atomic mass is 10.1. The first-order chi connectivity index (χ1) is 12.6. The summed E-state index contributed by atoms with van der Waals surface area (Å²) in [4.78, 5) is 26.0. The predicted molar refractivity (Wildman–Crippen MR) is 107 cm³/mol. The monoisotopic (exact) mass is 371 g/mol. The largest absolute Gasteiger partial charge is 0.345 e. The van der Waals surface area contributed by atoms with E-state index in [0.29, 0.717) is 11.3 Å². The number of benzene rings is 1. The smallest absolute Gasteiger partial charge is 0.319 e. The molecule has 7 heteroatoms. The van der Waals surface area contributed by atoms with E-state index in [9.17, 15) is 9.59 Å². The highest BCUT2D eigenvalue weighted by atomic mass is 16.2. The summed E-state index contributed by atoms with van der Waals surface area (Å²) in [5, 5.41) is 10.3. The molecule has 1 heterocycles. The van der Waals surface area contributed by atoms with Crippen molar-refractivity contribution in [1.29, 1.82) is 0 Å². The highest BCUT2D eigenvalue weighted by Gasteiger charge is 2.19. The summed E-state index contributed by atoms with van der Waals surface area (Å²) >= 11 is 0. The Bertz CT molecular complexity index is 854. The van der Waals surface area contributed by atoms with Crippen LogP contribution in [0.1, 0.15) is 52.8 Å². The Morgan fingerprint density at radius 3 is 2.41 bits per heavy atom. The first kappa shape index (κ1) is 20.5. The molecule has 2 N–H and O–H groups in total. The number of amides is 3. The number of aryl methyl sites for hydroxylation is 3. The molecule has 0 bridgehead atoms. The summed E-state index contributed by atoms with van der Waals surface area (Å²) in [5.74, 6) is -0.0680. The van der Waals surface area contributed by atoms with Crippen molar-refractivity contribution in [3.63, 3.8) is 0 Å². The van der Waals surface area contributed by atoms with Crippen molar-refractivity contribution in [2.75, 3.05) is 19.4 Å². The van der Waals surface area contributed by atoms with Crippen molar-refractivity contribution >= 4 is 17.6 Å². The fourth-order valence-electron chi connectivity index (χ4n) is 3.27. The number of carbonyl (C=O) groups is 2. The Morgan fingerprint density at radius 2 is 1.89 bits per heavy atom. The molecule has 1 atom stereocenters. The van der Waals surface area contributed by atoms with Crippen LogP contribution in [0.5, 0.6) is 0 Å². The normalized spacial score (nSPS) is 11.8. The molecule has 7 nitrogen and oxygen atoms in total. The number of hydrogen-bond donors (Lipinski definition) is 2. The third-order valence-corrected chi connectivity index (χ3v) is 4.65. The minimum absolute atomic E-state index is 0.0680. The lowest BCUT2D eigenvalue weighted by molar-refractivity contribution is 0.0827. The Kier molecular flexibility index (Phi) is 6.25. The van der Waals surface area contributed by atoms with Crippen molar-refractivity contribution in [3.8, 4) is 0 Å². The Labute approximate surface area is 160 Å². The number of rotatable bonds is 5. The summed E-state index contributed by atoms with van der Waals surface area (Å²) in [6, 6.07) is 4.79. The number of aromatic nitrogens is 2. The molecule has 1 unspecified atom stereocenters. The molecule has 0 aliphatic rings. The zero-order valence-electron chi connectivity index (χ0n) is 17.2. The number of urea groups is 1. The van der Waals surface area contributed by atoms with Gasteiger partial charge in [0.15, 0.2) is 0 Å². The molecule has 0 saturated carbocycles. The van der Waals surface area contributed by atoms with Crippen molar-refractivity contribution in [3.05, 3.63) is 46.3 Å². The maximum Gasteiger partial charge on any atom is 0.319 e. The van der Waals surface area contributed by atoms with E-state index in [0.717, 1.165) is 29.1 Å². The number of hydrogen-bond acceptors (Lipinski definition) is 3. The molecule has 0 radical (unpaired) electrons. The molecule has 3 amide bonds. The SMILES string of the molecule is CCn1nc(C)c(C(C)NC(=O)Nc2ccc(C(=O)N(C)C)cc2C)c1C. The van der Waals surface area contributed by atoms with Gasteiger partial charge in [0.25, 0.3) is 5.91 Å². The Balaban J connectivity index is 2.10. The first-order valence-electron chi connectivity index (χ1n) is 9.09. The van der Waals surface area contributed by atoms with E-state index in [1.54, 1.807) is 32.3 Å². The second-order valence-electron chi connectivity index (χ2n) is 6.95. The van der Waals surface area contributed by atoms with Gasteiger partial charge in [-0.25, -0.2) is 4.79 Å². The van der Waals surface area contributed by atoms with E-state index >= 15 is 0 Å². The van der Waals surface area contributed by atoms with E-state index in [4.69, 9.17) is 0 Å². The Morgan fingerprint density at radius 1 is 1.22 bits per heavy atom. The average Bonchev–Trinajstić information content (AvgIpc) is 2.89. The van der Waals surface area contributed by atoms with E-state index in [-0.39, 0.29) is 18.0 Å². The zero-order chi connectivity index (χ0) is 20.3. The number of anilines is 1. The molecule has 1 aromatic carbocycles. The van der Waals surface area contributed by atoms with Crippen LogP contribution in [0.2, 0.25) is 0 Å². The molecule has 0 fully saturated rings. The topological polar surface area (TPSA) is 79.3 Å². The molecular formula is C20H29N5O2. The fraction of sp³-hybridized carbons (Fsp3) is 0.450. The van der Waals surface area contributed by atoms with Crippen molar-refractivity contribution in [2.45, 2.75) is 47.2 Å². The fourth-order valence-corrected chi connectivity index (χ4v) is 3.27. The number of carbonyl (C=O) groups excluding carboxylic acids is 2. The molecule has 0 spiro atoms. The predicted octanol–water partition coefficient (Wildman–Crippen LogP) is 3.41. The van der Waals surface area contributed by atoms with E-state index in [1.807, 2.05) is 39.3 Å². The summed E-state index contributed by atoms with van der Waals surface area (Å²) in [7, 11) is 3.42. The molecule has 2 aromatic rings. The maximum atomic E-state index is 12.4. The molecular weight excluding hydrogens is 342 g/mol. The molecule has 146 valence electrons. The third-order valence-electron chi connectivity index (χ3n) is 4.65. The van der Waals surface area contributed by atoms with Crippen LogP contribution in [0.3, 0.4) is 0 Å². The zero-order valence-corrected chi connectivity index (χ0v) is 17.2. The maximum absolute atomic E-state index is 12.4. The number of nitrogens with zero attached hydrogens (tertiary/aromatic N) is 3. The van der Waals surface area contributed by atoms with Crippen LogP contribution < -0.4 is 10.6 Å². The van der Waals surface area contributed by atoms with Gasteiger partial charge in [-0.15, -0.1) is 0 Å². The van der Waals surface area contributed by atoms with Gasteiger partial charge in [-0.1, -0.05) is 0 Å². The highest BCUT2D eigenvalue weighted by Crippen LogP contribution is 2.22. The quantitative estimate of drug-likeness (QED) is 0.845. The second-order valence-corrected chi connectivity index (χ2v) is 6.95. The van der Waals surface area contributed by atoms with Gasteiger partial charge in [0, 0.05) is 43.1 Å². The molecule has 1 aromatic heterocycles. The standard InChI is InChI=1S/C20H29N5O2/c1-8-25-15(5)18(14(4)23-25)13(3)21-20(27)22-17-10-9-16(11-12(17)2)19(26)24(6)7/h9-11,13H,8H2,1-7H3,(H2,21,22,27). The summed E-state index contributed by atoms with van der Waals surface area (Å²) in [5.41, 5.74) is 5.12. The van der Waals surface area contributed by atoms with Crippen LogP contribution in [-0.2, 0) is 6.54 Å². The van der Waals surface area contributed by atoms with Crippen molar-refractivity contribution in [2.24, 2.45) is 0 Å². The molecule has 0 aliphatic carbocycles. The minimum atomic E-state index is -0.291. The van der Waals surface area contributed by atoms with Gasteiger partial charge in [-0.3, -0.25) is 9.48 Å². The lowest BCUT2D eigenvalue weighted by Gasteiger charge is -2.17. The molecule has 2 rings (SSSR count). The van der Waals surface area contributed by atoms with Crippen LogP contribution >= 0.6 is 0 Å². The van der Waals surface area contributed by atoms with Crippen LogP contribution in [0.15, 0.2) is 18.2 Å². The van der Waals surface area contributed by atoms with Crippen LogP contribution in [0.4, 0.5) is 10.5 Å². The van der Waals surface area contributed by atoms with E-state index in [1.165, 1.54) is 4.90 Å². The van der Waals surface area contributed by atoms with Gasteiger partial charge in [0.05, 0.1) is 11.7 Å². The molecule has 27 heavy (non-hydrogen) atoms. The lowest BCUT2D eigenvalue weighted by Crippen LogP contribution is -2.32. The van der Waals surface area contributed by atoms with E-state index in [2.05, 4.69) is 15.7 Å². The van der Waals surface area contributed by atoms with Crippen molar-refractivity contribution < 1.29 is 9.59 Å². The van der Waals surface area contributed by atoms with Crippen LogP contribution in [0, 0.1) is 20.8 Å². The molecule has 0 saturated heterocycles. The third kappa shape index (κ3) is 4.48. The van der Waals surface area contributed by atoms with Gasteiger partial charge in [-0.05, 0) is 58.4 Å². The van der Waals surface area contributed by atoms with Gasteiger partial charge in [-0.2, -0.15) is 5.10 Å². The molecule has 0 aliphatic heterocycles. The van der Waals surface area contributed by atoms with Gasteiger partial charge in [0.1, 0.15) is 0 Å². The van der Waals surface area contributed by atoms with Gasteiger partial charge < -0.3 is 15.5 Å². The summed E-state index contributed by atoms with van der Waals surface area (Å²) in [6.07, 6.45) is 0. The minimum Gasteiger partial charge on any atom is -0.345 e. The number of nitrogens with one attached hydrogen (secondary N) is 2. The van der Waals surface area contributed by atoms with Gasteiger partial charge in [0.2, 0.25) is 0 Å². The Hall–Kier alpha value is -2.83. The van der Waals surface area contributed by atoms with Crippen LogP contribution in [-0.4, -0.2) is 40.7 Å². The average molecular weight is 371 g/mol. The van der Waals surface area contributed by atoms with Gasteiger partial charge >= 0.3 is 6.03 Å². The second kappa shape index (κ2) is 8.24. The first-order valence-corrected chi connectivity index (χ1v) is 9.09. The summed E-state index contributed by atoms with van der Waals surface area (Å²) < 4.78 is 1.94. The van der Waals surface area contributed by atoms with E-state index < -0.39 is 0 Å². The summed E-state index contributed by atoms with van der Waals surface area (Å²) in [6.45, 7) is 10.6. The van der Waals surface area contributed by atoms with Crippen molar-refractivity contribution in [1.82, 2.24) is 20.0 Å². The van der Waals surface area contributed by atoms with Crippen LogP contribution in [0.25, 0.3) is 0 Å². The highest BCUT2D eigenvalue weighted by molar-refractivity contribution is 5.96.